The van der Waals surface area contributed by atoms with Gasteiger partial charge in [0.15, 0.2) is 0 Å². The Hall–Kier alpha value is -2.29. The van der Waals surface area contributed by atoms with Gasteiger partial charge in [0, 0.05) is 24.5 Å². The van der Waals surface area contributed by atoms with Gasteiger partial charge < -0.3 is 10.2 Å². The van der Waals surface area contributed by atoms with Crippen molar-refractivity contribution in [3.8, 4) is 0 Å². The third-order valence-electron chi connectivity index (χ3n) is 4.95. The molecule has 3 nitrogen and oxygen atoms in total. The maximum Gasteiger partial charge on any atom is 0.228 e. The molecule has 0 aliphatic carbocycles. The molecule has 2 aromatic rings. The van der Waals surface area contributed by atoms with Crippen molar-refractivity contribution in [3.05, 3.63) is 58.7 Å². The van der Waals surface area contributed by atoms with Crippen molar-refractivity contribution < 1.29 is 4.79 Å². The highest BCUT2D eigenvalue weighted by Gasteiger charge is 2.15. The molecule has 132 valence electrons. The number of nitrogens with zero attached hydrogens (tertiary/aromatic N) is 1. The van der Waals surface area contributed by atoms with Gasteiger partial charge in [0.1, 0.15) is 0 Å². The number of nitrogens with one attached hydrogen (secondary N) is 1. The lowest BCUT2D eigenvalue weighted by Gasteiger charge is -2.30. The summed E-state index contributed by atoms with van der Waals surface area (Å²) in [5, 5.41) is 3.12. The molecule has 0 saturated carbocycles. The largest absolute Gasteiger partial charge is 0.372 e. The van der Waals surface area contributed by atoms with Gasteiger partial charge in [-0.25, -0.2) is 0 Å². The van der Waals surface area contributed by atoms with Crippen molar-refractivity contribution in [2.75, 3.05) is 23.3 Å². The summed E-state index contributed by atoms with van der Waals surface area (Å²) < 4.78 is 0. The van der Waals surface area contributed by atoms with Crippen molar-refractivity contribution in [3.63, 3.8) is 0 Å². The Morgan fingerprint density at radius 2 is 1.68 bits per heavy atom. The van der Waals surface area contributed by atoms with Gasteiger partial charge in [0.25, 0.3) is 0 Å². The summed E-state index contributed by atoms with van der Waals surface area (Å²) in [4.78, 5) is 14.9. The maximum atomic E-state index is 12.5. The van der Waals surface area contributed by atoms with Crippen LogP contribution < -0.4 is 10.2 Å². The van der Waals surface area contributed by atoms with Gasteiger partial charge in [-0.15, -0.1) is 0 Å². The first-order valence-corrected chi connectivity index (χ1v) is 9.24. The lowest BCUT2D eigenvalue weighted by atomic mass is 10.0. The van der Waals surface area contributed by atoms with Crippen LogP contribution in [0.15, 0.2) is 36.4 Å². The molecule has 1 fully saturated rings. The molecule has 0 spiro atoms. The zero-order valence-electron chi connectivity index (χ0n) is 15.6. The minimum Gasteiger partial charge on any atom is -0.372 e. The van der Waals surface area contributed by atoms with Crippen LogP contribution in [0.5, 0.6) is 0 Å². The van der Waals surface area contributed by atoms with E-state index in [1.807, 2.05) is 12.1 Å². The first-order chi connectivity index (χ1) is 12.0. The molecule has 0 bridgehead atoms. The number of hydrogen-bond acceptors (Lipinski definition) is 2. The number of anilines is 2. The Bertz CT molecular complexity index is 737. The Kier molecular flexibility index (Phi) is 5.42. The van der Waals surface area contributed by atoms with Crippen LogP contribution in [0.2, 0.25) is 0 Å². The van der Waals surface area contributed by atoms with Gasteiger partial charge in [-0.3, -0.25) is 4.79 Å². The predicted molar refractivity (Wildman–Crippen MR) is 105 cm³/mol. The summed E-state index contributed by atoms with van der Waals surface area (Å²) in [6.07, 6.45) is 4.29. The Balaban J connectivity index is 1.72. The van der Waals surface area contributed by atoms with E-state index in [9.17, 15) is 4.79 Å². The smallest absolute Gasteiger partial charge is 0.228 e. The van der Waals surface area contributed by atoms with Crippen molar-refractivity contribution in [1.82, 2.24) is 0 Å². The van der Waals surface area contributed by atoms with Crippen LogP contribution in [0.1, 0.15) is 41.5 Å². The summed E-state index contributed by atoms with van der Waals surface area (Å²) in [7, 11) is 0. The fraction of sp³-hybridized carbons (Fsp3) is 0.409. The van der Waals surface area contributed by atoms with Crippen LogP contribution in [0, 0.1) is 20.8 Å². The maximum absolute atomic E-state index is 12.5. The monoisotopic (exact) mass is 336 g/mol. The number of aryl methyl sites for hydroxylation is 3. The quantitative estimate of drug-likeness (QED) is 0.871. The van der Waals surface area contributed by atoms with E-state index in [0.717, 1.165) is 35.5 Å². The van der Waals surface area contributed by atoms with Gasteiger partial charge in [0.05, 0.1) is 6.42 Å². The average Bonchev–Trinajstić information content (AvgIpc) is 2.59. The standard InChI is InChI=1S/C22H28N2O/c1-16-8-7-9-19(12-16)15-21(25)23-22-17(2)13-20(14-18(22)3)24-10-5-4-6-11-24/h7-9,12-14H,4-6,10-11,15H2,1-3H3,(H,23,25). The fourth-order valence-electron chi connectivity index (χ4n) is 3.66. The lowest BCUT2D eigenvalue weighted by Crippen LogP contribution is -2.29. The summed E-state index contributed by atoms with van der Waals surface area (Å²) in [5.74, 6) is 0.0440. The fourth-order valence-corrected chi connectivity index (χ4v) is 3.66. The Labute approximate surface area is 151 Å². The minimum absolute atomic E-state index is 0.0440. The van der Waals surface area contributed by atoms with E-state index in [1.54, 1.807) is 0 Å². The molecule has 0 radical (unpaired) electrons. The van der Waals surface area contributed by atoms with Crippen LogP contribution >= 0.6 is 0 Å². The van der Waals surface area contributed by atoms with Gasteiger partial charge in [-0.2, -0.15) is 0 Å². The molecule has 25 heavy (non-hydrogen) atoms. The zero-order valence-corrected chi connectivity index (χ0v) is 15.6. The zero-order chi connectivity index (χ0) is 17.8. The van der Waals surface area contributed by atoms with Gasteiger partial charge >= 0.3 is 0 Å². The highest BCUT2D eigenvalue weighted by atomic mass is 16.1. The summed E-state index contributed by atoms with van der Waals surface area (Å²) in [6, 6.07) is 12.5. The highest BCUT2D eigenvalue weighted by Crippen LogP contribution is 2.29. The lowest BCUT2D eigenvalue weighted by molar-refractivity contribution is -0.115. The summed E-state index contributed by atoms with van der Waals surface area (Å²) in [5.41, 5.74) is 6.75. The second-order valence-corrected chi connectivity index (χ2v) is 7.22. The van der Waals surface area contributed by atoms with E-state index in [4.69, 9.17) is 0 Å². The van der Waals surface area contributed by atoms with Crippen LogP contribution in [-0.2, 0) is 11.2 Å². The number of rotatable bonds is 4. The van der Waals surface area contributed by atoms with Gasteiger partial charge in [-0.05, 0) is 68.9 Å². The topological polar surface area (TPSA) is 32.3 Å². The van der Waals surface area contributed by atoms with Crippen molar-refractivity contribution >= 4 is 17.3 Å². The molecule has 0 atom stereocenters. The van der Waals surface area contributed by atoms with Crippen LogP contribution in [0.25, 0.3) is 0 Å². The van der Waals surface area contributed by atoms with Crippen molar-refractivity contribution in [2.24, 2.45) is 0 Å². The third-order valence-corrected chi connectivity index (χ3v) is 4.95. The van der Waals surface area contributed by atoms with Crippen molar-refractivity contribution in [2.45, 2.75) is 46.5 Å². The molecule has 1 aliphatic rings. The molecule has 1 aliphatic heterocycles. The Morgan fingerprint density at radius 3 is 2.32 bits per heavy atom. The summed E-state index contributed by atoms with van der Waals surface area (Å²) >= 11 is 0. The number of carbonyl (C=O) groups is 1. The molecule has 0 aromatic heterocycles. The Morgan fingerprint density at radius 1 is 1.00 bits per heavy atom. The number of benzene rings is 2. The number of amides is 1. The molecule has 1 heterocycles. The first kappa shape index (κ1) is 17.5. The van der Waals surface area contributed by atoms with Gasteiger partial charge in [-0.1, -0.05) is 29.8 Å². The molecule has 1 amide bonds. The molecule has 2 aromatic carbocycles. The highest BCUT2D eigenvalue weighted by molar-refractivity contribution is 5.94. The first-order valence-electron chi connectivity index (χ1n) is 9.24. The third kappa shape index (κ3) is 4.41. The second-order valence-electron chi connectivity index (χ2n) is 7.22. The SMILES string of the molecule is Cc1cccc(CC(=O)Nc2c(C)cc(N3CCCCC3)cc2C)c1. The van der Waals surface area contributed by atoms with Crippen LogP contribution in [0.3, 0.4) is 0 Å². The number of carbonyl (C=O) groups excluding carboxylic acids is 1. The van der Waals surface area contributed by atoms with E-state index in [0.29, 0.717) is 6.42 Å². The van der Waals surface area contributed by atoms with Gasteiger partial charge in [0.2, 0.25) is 5.91 Å². The normalized spacial score (nSPS) is 14.4. The molecule has 3 rings (SSSR count). The minimum atomic E-state index is 0.0440. The van der Waals surface area contributed by atoms with Crippen molar-refractivity contribution in [1.29, 1.82) is 0 Å². The van der Waals surface area contributed by atoms with E-state index in [-0.39, 0.29) is 5.91 Å². The predicted octanol–water partition coefficient (Wildman–Crippen LogP) is 4.78. The second kappa shape index (κ2) is 7.73. The van der Waals surface area contributed by atoms with E-state index >= 15 is 0 Å². The van der Waals surface area contributed by atoms with E-state index in [2.05, 4.69) is 55.3 Å². The molecular formula is C22H28N2O. The molecule has 1 saturated heterocycles. The number of hydrogen-bond donors (Lipinski definition) is 1. The molecule has 0 unspecified atom stereocenters. The van der Waals surface area contributed by atoms with Crippen LogP contribution in [-0.4, -0.2) is 19.0 Å². The van der Waals surface area contributed by atoms with Crippen LogP contribution in [0.4, 0.5) is 11.4 Å². The summed E-state index contributed by atoms with van der Waals surface area (Å²) in [6.45, 7) is 8.50. The molecule has 1 N–H and O–H groups in total. The molecular weight excluding hydrogens is 308 g/mol. The average molecular weight is 336 g/mol. The van der Waals surface area contributed by atoms with E-state index in [1.165, 1.54) is 30.5 Å². The van der Waals surface area contributed by atoms with E-state index < -0.39 is 0 Å². The molecule has 3 heteroatoms. The number of piperidine rings is 1.